The fourth-order valence-corrected chi connectivity index (χ4v) is 3.06. The van der Waals surface area contributed by atoms with Crippen LogP contribution in [-0.2, 0) is 9.59 Å². The summed E-state index contributed by atoms with van der Waals surface area (Å²) in [6.45, 7) is 1.45. The van der Waals surface area contributed by atoms with Crippen LogP contribution in [0.4, 0.5) is 0 Å². The largest absolute Gasteiger partial charge is 0.481 e. The van der Waals surface area contributed by atoms with Gasteiger partial charge in [-0.3, -0.25) is 9.59 Å². The number of hydrogen-bond acceptors (Lipinski definition) is 2. The molecular weight excluding hydrogens is 182 g/mol. The van der Waals surface area contributed by atoms with Gasteiger partial charge in [0.1, 0.15) is 0 Å². The molecule has 0 radical (unpaired) electrons. The van der Waals surface area contributed by atoms with Gasteiger partial charge in [0.15, 0.2) is 0 Å². The van der Waals surface area contributed by atoms with E-state index in [-0.39, 0.29) is 17.9 Å². The molecule has 0 aromatic carbocycles. The number of carboxylic acids is 1. The molecule has 0 heterocycles. The van der Waals surface area contributed by atoms with E-state index in [2.05, 4.69) is 5.32 Å². The predicted molar refractivity (Wildman–Crippen MR) is 49.6 cm³/mol. The summed E-state index contributed by atoms with van der Waals surface area (Å²) in [5.74, 6) is -0.491. The van der Waals surface area contributed by atoms with Gasteiger partial charge in [-0.2, -0.15) is 0 Å². The average Bonchev–Trinajstić information content (AvgIpc) is 2.43. The Morgan fingerprint density at radius 3 is 2.50 bits per heavy atom. The number of fused-ring (bicyclic) bond motifs is 1. The number of carboxylic acid groups (broad SMARTS) is 1. The highest BCUT2D eigenvalue weighted by Gasteiger charge is 2.55. The summed E-state index contributed by atoms with van der Waals surface area (Å²) >= 11 is 0. The van der Waals surface area contributed by atoms with Crippen molar-refractivity contribution in [3.05, 3.63) is 0 Å². The van der Waals surface area contributed by atoms with E-state index in [0.29, 0.717) is 11.8 Å². The normalized spacial score (nSPS) is 39.8. The minimum absolute atomic E-state index is 0.113. The molecule has 1 amide bonds. The topological polar surface area (TPSA) is 66.4 Å². The second-order valence-electron chi connectivity index (χ2n) is 4.35. The lowest BCUT2D eigenvalue weighted by molar-refractivity contribution is -0.154. The van der Waals surface area contributed by atoms with Crippen LogP contribution in [0.3, 0.4) is 0 Å². The van der Waals surface area contributed by atoms with Crippen molar-refractivity contribution in [3.8, 4) is 0 Å². The Morgan fingerprint density at radius 2 is 1.93 bits per heavy atom. The molecule has 2 aliphatic carbocycles. The summed E-state index contributed by atoms with van der Waals surface area (Å²) < 4.78 is 0. The van der Waals surface area contributed by atoms with Crippen molar-refractivity contribution >= 4 is 11.9 Å². The van der Waals surface area contributed by atoms with Crippen LogP contribution >= 0.6 is 0 Å². The number of rotatable bonds is 2. The highest BCUT2D eigenvalue weighted by molar-refractivity contribution is 5.77. The van der Waals surface area contributed by atoms with E-state index in [4.69, 9.17) is 5.11 Å². The van der Waals surface area contributed by atoms with Gasteiger partial charge in [-0.15, -0.1) is 0 Å². The minimum atomic E-state index is -0.757. The summed E-state index contributed by atoms with van der Waals surface area (Å²) in [6, 6.07) is -0.113. The van der Waals surface area contributed by atoms with Gasteiger partial charge in [0.25, 0.3) is 0 Å². The SMILES string of the molecule is CC(=O)N[C@H]1[C@@H]2CCC[C@@H]2[C@@H]1C(=O)O. The predicted octanol–water partition coefficient (Wildman–Crippen LogP) is 0.622. The van der Waals surface area contributed by atoms with Gasteiger partial charge in [0.2, 0.25) is 5.91 Å². The van der Waals surface area contributed by atoms with Crippen molar-refractivity contribution < 1.29 is 14.7 Å². The highest BCUT2D eigenvalue weighted by Crippen LogP contribution is 2.51. The second kappa shape index (κ2) is 3.26. The Balaban J connectivity index is 2.07. The lowest BCUT2D eigenvalue weighted by Crippen LogP contribution is -2.60. The molecule has 0 aromatic heterocycles. The van der Waals surface area contributed by atoms with Crippen molar-refractivity contribution in [2.75, 3.05) is 0 Å². The summed E-state index contributed by atoms with van der Waals surface area (Å²) in [5.41, 5.74) is 0. The smallest absolute Gasteiger partial charge is 0.308 e. The molecule has 0 saturated heterocycles. The molecule has 4 atom stereocenters. The van der Waals surface area contributed by atoms with Crippen LogP contribution in [0.15, 0.2) is 0 Å². The number of carbonyl (C=O) groups is 2. The second-order valence-corrected chi connectivity index (χ2v) is 4.35. The minimum Gasteiger partial charge on any atom is -0.481 e. The molecule has 0 aliphatic heterocycles. The van der Waals surface area contributed by atoms with Crippen molar-refractivity contribution in [3.63, 3.8) is 0 Å². The van der Waals surface area contributed by atoms with Crippen molar-refractivity contribution in [1.29, 1.82) is 0 Å². The average molecular weight is 197 g/mol. The van der Waals surface area contributed by atoms with Gasteiger partial charge < -0.3 is 10.4 Å². The van der Waals surface area contributed by atoms with Crippen molar-refractivity contribution in [2.24, 2.45) is 17.8 Å². The fraction of sp³-hybridized carbons (Fsp3) is 0.800. The molecule has 0 bridgehead atoms. The number of aliphatic carboxylic acids is 1. The first-order valence-electron chi connectivity index (χ1n) is 5.11. The molecule has 2 N–H and O–H groups in total. The van der Waals surface area contributed by atoms with E-state index in [1.807, 2.05) is 0 Å². The third-order valence-corrected chi connectivity index (χ3v) is 3.59. The van der Waals surface area contributed by atoms with Crippen molar-refractivity contribution in [2.45, 2.75) is 32.2 Å². The van der Waals surface area contributed by atoms with Gasteiger partial charge in [-0.05, 0) is 24.7 Å². The van der Waals surface area contributed by atoms with E-state index in [9.17, 15) is 9.59 Å². The van der Waals surface area contributed by atoms with Crippen LogP contribution in [0.1, 0.15) is 26.2 Å². The quantitative estimate of drug-likeness (QED) is 0.682. The molecule has 4 nitrogen and oxygen atoms in total. The summed E-state index contributed by atoms with van der Waals surface area (Å²) in [5, 5.41) is 11.8. The van der Waals surface area contributed by atoms with E-state index < -0.39 is 5.97 Å². The number of hydrogen-bond donors (Lipinski definition) is 2. The molecule has 2 rings (SSSR count). The van der Waals surface area contributed by atoms with Crippen LogP contribution in [0.2, 0.25) is 0 Å². The molecule has 78 valence electrons. The third kappa shape index (κ3) is 1.29. The lowest BCUT2D eigenvalue weighted by Gasteiger charge is -2.46. The van der Waals surface area contributed by atoms with E-state index in [1.54, 1.807) is 0 Å². The van der Waals surface area contributed by atoms with Crippen LogP contribution in [0.5, 0.6) is 0 Å². The fourth-order valence-electron chi connectivity index (χ4n) is 3.06. The monoisotopic (exact) mass is 197 g/mol. The summed E-state index contributed by atoms with van der Waals surface area (Å²) in [7, 11) is 0. The molecule has 14 heavy (non-hydrogen) atoms. The zero-order chi connectivity index (χ0) is 10.3. The zero-order valence-electron chi connectivity index (χ0n) is 8.19. The van der Waals surface area contributed by atoms with Gasteiger partial charge >= 0.3 is 5.97 Å². The number of nitrogens with one attached hydrogen (secondary N) is 1. The maximum absolute atomic E-state index is 11.0. The molecule has 0 spiro atoms. The Labute approximate surface area is 82.7 Å². The lowest BCUT2D eigenvalue weighted by atomic mass is 9.62. The van der Waals surface area contributed by atoms with Gasteiger partial charge in [0.05, 0.1) is 5.92 Å². The van der Waals surface area contributed by atoms with Crippen LogP contribution in [0.25, 0.3) is 0 Å². The molecule has 0 unspecified atom stereocenters. The Kier molecular flexibility index (Phi) is 2.21. The standard InChI is InChI=1S/C10H15NO3/c1-5(12)11-9-7-4-2-3-6(7)8(9)10(13)14/h6-9H,2-4H2,1H3,(H,11,12)(H,13,14)/t6-,7+,8-,9-/m0/s1. The molecule has 2 aliphatic rings. The molecule has 4 heteroatoms. The van der Waals surface area contributed by atoms with Crippen LogP contribution in [-0.4, -0.2) is 23.0 Å². The van der Waals surface area contributed by atoms with Gasteiger partial charge in [0, 0.05) is 13.0 Å². The maximum atomic E-state index is 11.0. The highest BCUT2D eigenvalue weighted by atomic mass is 16.4. The molecule has 0 aromatic rings. The Morgan fingerprint density at radius 1 is 1.29 bits per heavy atom. The number of amides is 1. The van der Waals surface area contributed by atoms with Crippen LogP contribution in [0, 0.1) is 17.8 Å². The molecular formula is C10H15NO3. The first-order chi connectivity index (χ1) is 6.61. The van der Waals surface area contributed by atoms with E-state index in [1.165, 1.54) is 6.92 Å². The summed E-state index contributed by atoms with van der Waals surface area (Å²) in [6.07, 6.45) is 3.19. The first kappa shape index (κ1) is 9.49. The third-order valence-electron chi connectivity index (χ3n) is 3.59. The zero-order valence-corrected chi connectivity index (χ0v) is 8.19. The van der Waals surface area contributed by atoms with E-state index >= 15 is 0 Å². The Hall–Kier alpha value is -1.06. The van der Waals surface area contributed by atoms with Crippen LogP contribution < -0.4 is 5.32 Å². The van der Waals surface area contributed by atoms with E-state index in [0.717, 1.165) is 19.3 Å². The van der Waals surface area contributed by atoms with Crippen molar-refractivity contribution in [1.82, 2.24) is 5.32 Å². The number of carbonyl (C=O) groups excluding carboxylic acids is 1. The summed E-state index contributed by atoms with van der Waals surface area (Å²) in [4.78, 5) is 21.9. The first-order valence-corrected chi connectivity index (χ1v) is 5.11. The molecule has 2 saturated carbocycles. The maximum Gasteiger partial charge on any atom is 0.308 e. The Bertz CT molecular complexity index is 277. The molecule has 2 fully saturated rings. The van der Waals surface area contributed by atoms with Gasteiger partial charge in [-0.1, -0.05) is 6.42 Å². The van der Waals surface area contributed by atoms with Gasteiger partial charge in [-0.25, -0.2) is 0 Å².